The first-order chi connectivity index (χ1) is 15.6. The number of alkyl carbamates (subject to hydrolysis) is 1. The molecule has 0 radical (unpaired) electrons. The van der Waals surface area contributed by atoms with Crippen LogP contribution in [-0.2, 0) is 14.3 Å². The molecule has 0 heterocycles. The molecule has 1 rings (SSSR count). The molecule has 7 nitrogen and oxygen atoms in total. The topological polar surface area (TPSA) is 87.7 Å². The minimum Gasteiger partial charge on any atom is -0.444 e. The monoisotopic (exact) mass is 461 g/mol. The van der Waals surface area contributed by atoms with E-state index in [2.05, 4.69) is 24.5 Å². The van der Waals surface area contributed by atoms with Gasteiger partial charge < -0.3 is 20.3 Å². The van der Waals surface area contributed by atoms with Gasteiger partial charge in [0.25, 0.3) is 0 Å². The predicted octanol–water partition coefficient (Wildman–Crippen LogP) is 4.89. The Morgan fingerprint density at radius 1 is 0.970 bits per heavy atom. The van der Waals surface area contributed by atoms with E-state index in [0.29, 0.717) is 13.1 Å². The molecule has 0 bridgehead atoms. The Bertz CT molecular complexity index is 758. The van der Waals surface area contributed by atoms with Crippen molar-refractivity contribution >= 4 is 17.9 Å². The van der Waals surface area contributed by atoms with Gasteiger partial charge in [0.15, 0.2) is 0 Å². The lowest BCUT2D eigenvalue weighted by atomic mass is 9.98. The average Bonchev–Trinajstić information content (AvgIpc) is 2.74. The fraction of sp³-hybridized carbons (Fsp3) is 0.654. The van der Waals surface area contributed by atoms with Crippen LogP contribution in [0.2, 0.25) is 0 Å². The molecule has 0 spiro atoms. The Morgan fingerprint density at radius 3 is 2.21 bits per heavy atom. The van der Waals surface area contributed by atoms with Crippen LogP contribution in [0.5, 0.6) is 0 Å². The molecule has 0 saturated heterocycles. The van der Waals surface area contributed by atoms with Crippen LogP contribution in [0.25, 0.3) is 0 Å². The van der Waals surface area contributed by atoms with E-state index in [1.165, 1.54) is 0 Å². The quantitative estimate of drug-likeness (QED) is 0.410. The number of aryl methyl sites for hydroxylation is 1. The van der Waals surface area contributed by atoms with Crippen molar-refractivity contribution in [3.8, 4) is 0 Å². The van der Waals surface area contributed by atoms with E-state index >= 15 is 0 Å². The number of nitrogens with zero attached hydrogens (tertiary/aromatic N) is 1. The number of carbonyl (C=O) groups is 3. The molecule has 0 saturated carbocycles. The van der Waals surface area contributed by atoms with Crippen LogP contribution >= 0.6 is 0 Å². The summed E-state index contributed by atoms with van der Waals surface area (Å²) < 4.78 is 5.25. The molecule has 0 aliphatic carbocycles. The van der Waals surface area contributed by atoms with Gasteiger partial charge in [-0.2, -0.15) is 0 Å². The molecule has 33 heavy (non-hydrogen) atoms. The van der Waals surface area contributed by atoms with Crippen molar-refractivity contribution in [2.24, 2.45) is 0 Å². The van der Waals surface area contributed by atoms with E-state index in [1.807, 2.05) is 31.2 Å². The summed E-state index contributed by atoms with van der Waals surface area (Å²) in [5, 5.41) is 5.57. The standard InChI is InChI=1S/C26H43N3O4/c1-7-9-13-17-27-24(31)23(21-16-12-11-15-20(21)3)29(18-14-10-8-2)22(30)19-28-25(32)33-26(4,5)6/h11-12,15-16,23H,7-10,13-14,17-19H2,1-6H3,(H,27,31)(H,28,32). The highest BCUT2D eigenvalue weighted by Crippen LogP contribution is 2.25. The van der Waals surface area contributed by atoms with Gasteiger partial charge in [0.2, 0.25) is 11.8 Å². The minimum atomic E-state index is -0.752. The van der Waals surface area contributed by atoms with Gasteiger partial charge in [-0.15, -0.1) is 0 Å². The third kappa shape index (κ3) is 10.7. The number of amides is 3. The molecule has 3 amide bonds. The second kappa shape index (κ2) is 14.6. The summed E-state index contributed by atoms with van der Waals surface area (Å²) in [5.74, 6) is -0.503. The molecule has 0 aliphatic rings. The van der Waals surface area contributed by atoms with Crippen LogP contribution in [0.15, 0.2) is 24.3 Å². The van der Waals surface area contributed by atoms with E-state index in [-0.39, 0.29) is 18.4 Å². The maximum absolute atomic E-state index is 13.3. The Labute approximate surface area is 199 Å². The molecular weight excluding hydrogens is 418 g/mol. The second-order valence-electron chi connectivity index (χ2n) is 9.41. The van der Waals surface area contributed by atoms with E-state index in [0.717, 1.165) is 49.7 Å². The highest BCUT2D eigenvalue weighted by molar-refractivity contribution is 5.90. The van der Waals surface area contributed by atoms with Crippen LogP contribution in [0.3, 0.4) is 0 Å². The summed E-state index contributed by atoms with van der Waals surface area (Å²) >= 11 is 0. The number of ether oxygens (including phenoxy) is 1. The number of hydrogen-bond donors (Lipinski definition) is 2. The summed E-state index contributed by atoms with van der Waals surface area (Å²) in [7, 11) is 0. The zero-order chi connectivity index (χ0) is 24.9. The third-order valence-electron chi connectivity index (χ3n) is 5.23. The fourth-order valence-electron chi connectivity index (χ4n) is 3.52. The van der Waals surface area contributed by atoms with Crippen molar-refractivity contribution < 1.29 is 19.1 Å². The lowest BCUT2D eigenvalue weighted by Gasteiger charge is -2.32. The van der Waals surface area contributed by atoms with Crippen molar-refractivity contribution in [3.63, 3.8) is 0 Å². The largest absolute Gasteiger partial charge is 0.444 e. The maximum Gasteiger partial charge on any atom is 0.408 e. The Hall–Kier alpha value is -2.57. The van der Waals surface area contributed by atoms with Gasteiger partial charge in [-0.3, -0.25) is 9.59 Å². The van der Waals surface area contributed by atoms with Crippen molar-refractivity contribution in [2.45, 2.75) is 91.7 Å². The van der Waals surface area contributed by atoms with Gasteiger partial charge in [0, 0.05) is 13.1 Å². The molecule has 0 aliphatic heterocycles. The summed E-state index contributed by atoms with van der Waals surface area (Å²) in [6, 6.07) is 6.89. The van der Waals surface area contributed by atoms with E-state index in [1.54, 1.807) is 25.7 Å². The van der Waals surface area contributed by atoms with Gasteiger partial charge in [-0.1, -0.05) is 63.8 Å². The smallest absolute Gasteiger partial charge is 0.408 e. The van der Waals surface area contributed by atoms with Crippen LogP contribution in [0.4, 0.5) is 4.79 Å². The number of carbonyl (C=O) groups excluding carboxylic acids is 3. The molecule has 1 atom stereocenters. The molecular formula is C26H43N3O4. The van der Waals surface area contributed by atoms with Crippen molar-refractivity contribution in [2.75, 3.05) is 19.6 Å². The Balaban J connectivity index is 3.13. The molecule has 2 N–H and O–H groups in total. The first-order valence-corrected chi connectivity index (χ1v) is 12.2. The SMILES string of the molecule is CCCCCNC(=O)C(c1ccccc1C)N(CCCCC)C(=O)CNC(=O)OC(C)(C)C. The van der Waals surface area contributed by atoms with Gasteiger partial charge >= 0.3 is 6.09 Å². The van der Waals surface area contributed by atoms with Crippen molar-refractivity contribution in [1.29, 1.82) is 0 Å². The van der Waals surface area contributed by atoms with Crippen molar-refractivity contribution in [3.05, 3.63) is 35.4 Å². The van der Waals surface area contributed by atoms with Crippen molar-refractivity contribution in [1.82, 2.24) is 15.5 Å². The van der Waals surface area contributed by atoms with Crippen LogP contribution in [0, 0.1) is 6.92 Å². The summed E-state index contributed by atoms with van der Waals surface area (Å²) in [6.45, 7) is 12.2. The molecule has 7 heteroatoms. The van der Waals surface area contributed by atoms with Gasteiger partial charge in [-0.25, -0.2) is 4.79 Å². The van der Waals surface area contributed by atoms with Crippen LogP contribution in [0.1, 0.15) is 90.3 Å². The molecule has 1 unspecified atom stereocenters. The van der Waals surface area contributed by atoms with E-state index in [9.17, 15) is 14.4 Å². The normalized spacial score (nSPS) is 12.1. The van der Waals surface area contributed by atoms with E-state index in [4.69, 9.17) is 4.74 Å². The second-order valence-corrected chi connectivity index (χ2v) is 9.41. The molecule has 0 aromatic heterocycles. The number of rotatable bonds is 13. The van der Waals surface area contributed by atoms with Gasteiger partial charge in [0.1, 0.15) is 18.2 Å². The Morgan fingerprint density at radius 2 is 1.61 bits per heavy atom. The molecule has 1 aromatic carbocycles. The van der Waals surface area contributed by atoms with Crippen LogP contribution in [-0.4, -0.2) is 48.0 Å². The minimum absolute atomic E-state index is 0.192. The predicted molar refractivity (Wildman–Crippen MR) is 132 cm³/mol. The lowest BCUT2D eigenvalue weighted by molar-refractivity contribution is -0.140. The first kappa shape index (κ1) is 28.5. The fourth-order valence-corrected chi connectivity index (χ4v) is 3.52. The Kier molecular flexibility index (Phi) is 12.6. The molecule has 1 aromatic rings. The zero-order valence-corrected chi connectivity index (χ0v) is 21.3. The highest BCUT2D eigenvalue weighted by Gasteiger charge is 2.32. The number of benzene rings is 1. The molecule has 186 valence electrons. The van der Waals surface area contributed by atoms with Gasteiger partial charge in [-0.05, 0) is 51.7 Å². The summed E-state index contributed by atoms with van der Waals surface area (Å²) in [4.78, 5) is 40.3. The number of hydrogen-bond acceptors (Lipinski definition) is 4. The average molecular weight is 462 g/mol. The summed E-state index contributed by atoms with van der Waals surface area (Å²) in [6.07, 6.45) is 5.06. The number of nitrogens with one attached hydrogen (secondary N) is 2. The van der Waals surface area contributed by atoms with Gasteiger partial charge in [0.05, 0.1) is 0 Å². The zero-order valence-electron chi connectivity index (χ0n) is 21.3. The lowest BCUT2D eigenvalue weighted by Crippen LogP contribution is -2.48. The third-order valence-corrected chi connectivity index (χ3v) is 5.23. The van der Waals surface area contributed by atoms with E-state index < -0.39 is 17.7 Å². The molecule has 0 fully saturated rings. The maximum atomic E-state index is 13.3. The summed E-state index contributed by atoms with van der Waals surface area (Å²) in [5.41, 5.74) is 1.09. The first-order valence-electron chi connectivity index (χ1n) is 12.2. The number of unbranched alkanes of at least 4 members (excludes halogenated alkanes) is 4. The highest BCUT2D eigenvalue weighted by atomic mass is 16.6. The van der Waals surface area contributed by atoms with Crippen LogP contribution < -0.4 is 10.6 Å².